The molecule has 1 atom stereocenters. The summed E-state index contributed by atoms with van der Waals surface area (Å²) in [4.78, 5) is 4.37. The van der Waals surface area contributed by atoms with Crippen LogP contribution in [-0.4, -0.2) is 12.1 Å². The van der Waals surface area contributed by atoms with E-state index >= 15 is 0 Å². The summed E-state index contributed by atoms with van der Waals surface area (Å²) < 4.78 is 5.20. The van der Waals surface area contributed by atoms with Gasteiger partial charge in [0.1, 0.15) is 5.75 Å². The van der Waals surface area contributed by atoms with Gasteiger partial charge in [-0.2, -0.15) is 0 Å². The maximum Gasteiger partial charge on any atom is 0.122 e. The minimum Gasteiger partial charge on any atom is -0.497 e. The molecule has 2 aromatic rings. The van der Waals surface area contributed by atoms with Crippen LogP contribution in [0, 0.1) is 0 Å². The molecule has 2 nitrogen and oxygen atoms in total. The lowest BCUT2D eigenvalue weighted by atomic mass is 10.0. The molecule has 0 unspecified atom stereocenters. The van der Waals surface area contributed by atoms with E-state index in [1.807, 2.05) is 30.3 Å². The van der Waals surface area contributed by atoms with Crippen molar-refractivity contribution in [3.05, 3.63) is 66.0 Å². The Balaban J connectivity index is 2.11. The van der Waals surface area contributed by atoms with Crippen molar-refractivity contribution in [2.24, 2.45) is 0 Å². The molecule has 0 aliphatic heterocycles. The van der Waals surface area contributed by atoms with Gasteiger partial charge in [0, 0.05) is 18.2 Å². The van der Waals surface area contributed by atoms with Gasteiger partial charge in [-0.25, -0.2) is 0 Å². The minimum absolute atomic E-state index is 0.264. The number of hydrogen-bond donors (Lipinski definition) is 0. The van der Waals surface area contributed by atoms with Gasteiger partial charge >= 0.3 is 0 Å². The summed E-state index contributed by atoms with van der Waals surface area (Å²) in [7, 11) is 1.67. The molecule has 0 fully saturated rings. The number of allylic oxidation sites excluding steroid dienone is 1. The fourth-order valence-electron chi connectivity index (χ4n) is 1.72. The van der Waals surface area contributed by atoms with Crippen molar-refractivity contribution in [3.8, 4) is 5.75 Å². The fourth-order valence-corrected chi connectivity index (χ4v) is 1.72. The van der Waals surface area contributed by atoms with Gasteiger partial charge in [-0.3, -0.25) is 4.98 Å². The van der Waals surface area contributed by atoms with Crippen LogP contribution < -0.4 is 4.74 Å². The summed E-state index contributed by atoms with van der Waals surface area (Å²) in [6.07, 6.45) is 6.05. The highest BCUT2D eigenvalue weighted by Crippen LogP contribution is 2.19. The zero-order chi connectivity index (χ0) is 12.8. The van der Waals surface area contributed by atoms with Crippen LogP contribution in [0.1, 0.15) is 24.1 Å². The van der Waals surface area contributed by atoms with Crippen LogP contribution in [0.3, 0.4) is 0 Å². The average molecular weight is 239 g/mol. The number of benzene rings is 1. The van der Waals surface area contributed by atoms with Crippen molar-refractivity contribution in [2.45, 2.75) is 12.8 Å². The normalized spacial score (nSPS) is 12.6. The molecule has 0 amide bonds. The largest absolute Gasteiger partial charge is 0.497 e. The third-order valence-electron chi connectivity index (χ3n) is 2.83. The van der Waals surface area contributed by atoms with E-state index in [0.717, 1.165) is 11.4 Å². The molecular weight excluding hydrogens is 222 g/mol. The number of aromatic nitrogens is 1. The highest BCUT2D eigenvalue weighted by Gasteiger charge is 2.04. The van der Waals surface area contributed by atoms with Gasteiger partial charge < -0.3 is 4.74 Å². The smallest absolute Gasteiger partial charge is 0.122 e. The monoisotopic (exact) mass is 239 g/mol. The molecule has 0 radical (unpaired) electrons. The van der Waals surface area contributed by atoms with Crippen LogP contribution in [0.5, 0.6) is 5.75 Å². The third-order valence-corrected chi connectivity index (χ3v) is 2.83. The zero-order valence-corrected chi connectivity index (χ0v) is 10.7. The number of hydrogen-bond acceptors (Lipinski definition) is 2. The van der Waals surface area contributed by atoms with E-state index < -0.39 is 0 Å². The molecule has 0 saturated carbocycles. The SMILES string of the molecule is COc1ccnc([C@H](C)/C=C/c2ccccc2)c1. The number of nitrogens with zero attached hydrogens (tertiary/aromatic N) is 1. The lowest BCUT2D eigenvalue weighted by Gasteiger charge is -2.07. The standard InChI is InChI=1S/C16H17NO/c1-13(8-9-14-6-4-3-5-7-14)16-12-15(18-2)10-11-17-16/h3-13H,1-2H3/b9-8+/t13-/m1/s1. The molecule has 0 aliphatic carbocycles. The molecule has 18 heavy (non-hydrogen) atoms. The lowest BCUT2D eigenvalue weighted by Crippen LogP contribution is -1.94. The molecule has 92 valence electrons. The van der Waals surface area contributed by atoms with Crippen molar-refractivity contribution in [2.75, 3.05) is 7.11 Å². The molecule has 1 aromatic carbocycles. The fraction of sp³-hybridized carbons (Fsp3) is 0.188. The second-order valence-electron chi connectivity index (χ2n) is 4.18. The quantitative estimate of drug-likeness (QED) is 0.807. The van der Waals surface area contributed by atoms with Gasteiger partial charge in [0.25, 0.3) is 0 Å². The molecule has 0 spiro atoms. The Labute approximate surface area is 108 Å². The first-order valence-electron chi connectivity index (χ1n) is 6.03. The summed E-state index contributed by atoms with van der Waals surface area (Å²) >= 11 is 0. The summed E-state index contributed by atoms with van der Waals surface area (Å²) in [5.41, 5.74) is 2.22. The van der Waals surface area contributed by atoms with Crippen molar-refractivity contribution >= 4 is 6.08 Å². The van der Waals surface area contributed by atoms with Crippen molar-refractivity contribution in [3.63, 3.8) is 0 Å². The first-order chi connectivity index (χ1) is 8.79. The van der Waals surface area contributed by atoms with E-state index in [1.54, 1.807) is 13.3 Å². The van der Waals surface area contributed by atoms with Gasteiger partial charge in [-0.05, 0) is 11.6 Å². The molecule has 1 aromatic heterocycles. The lowest BCUT2D eigenvalue weighted by molar-refractivity contribution is 0.413. The Morgan fingerprint density at radius 1 is 1.17 bits per heavy atom. The van der Waals surface area contributed by atoms with Crippen LogP contribution in [0.15, 0.2) is 54.7 Å². The summed E-state index contributed by atoms with van der Waals surface area (Å²) in [5, 5.41) is 0. The maximum absolute atomic E-state index is 5.20. The highest BCUT2D eigenvalue weighted by atomic mass is 16.5. The van der Waals surface area contributed by atoms with E-state index in [9.17, 15) is 0 Å². The van der Waals surface area contributed by atoms with Gasteiger partial charge in [-0.1, -0.05) is 49.4 Å². The van der Waals surface area contributed by atoms with Crippen LogP contribution in [0.2, 0.25) is 0 Å². The topological polar surface area (TPSA) is 22.1 Å². The Morgan fingerprint density at radius 3 is 2.67 bits per heavy atom. The second kappa shape index (κ2) is 6.01. The van der Waals surface area contributed by atoms with E-state index in [0.29, 0.717) is 0 Å². The molecule has 0 N–H and O–H groups in total. The Kier molecular flexibility index (Phi) is 4.13. The van der Waals surface area contributed by atoms with Crippen LogP contribution in [0.25, 0.3) is 6.08 Å². The summed E-state index contributed by atoms with van der Waals surface area (Å²) in [6.45, 7) is 2.13. The molecule has 2 heteroatoms. The molecule has 0 saturated heterocycles. The summed E-state index contributed by atoms with van der Waals surface area (Å²) in [6, 6.07) is 14.1. The molecule has 0 bridgehead atoms. The second-order valence-corrected chi connectivity index (χ2v) is 4.18. The minimum atomic E-state index is 0.264. The van der Waals surface area contributed by atoms with Gasteiger partial charge in [0.05, 0.1) is 12.8 Å². The van der Waals surface area contributed by atoms with Gasteiger partial charge in [0.2, 0.25) is 0 Å². The molecule has 1 heterocycles. The Bertz CT molecular complexity index is 520. The van der Waals surface area contributed by atoms with Crippen LogP contribution >= 0.6 is 0 Å². The first kappa shape index (κ1) is 12.4. The zero-order valence-electron chi connectivity index (χ0n) is 10.7. The molecular formula is C16H17NO. The van der Waals surface area contributed by atoms with E-state index in [1.165, 1.54) is 5.56 Å². The predicted octanol–water partition coefficient (Wildman–Crippen LogP) is 3.91. The number of pyridine rings is 1. The van der Waals surface area contributed by atoms with E-state index in [4.69, 9.17) is 4.74 Å². The van der Waals surface area contributed by atoms with Crippen molar-refractivity contribution in [1.29, 1.82) is 0 Å². The number of ether oxygens (including phenoxy) is 1. The van der Waals surface area contributed by atoms with Crippen LogP contribution in [-0.2, 0) is 0 Å². The average Bonchev–Trinajstić information content (AvgIpc) is 2.46. The number of rotatable bonds is 4. The van der Waals surface area contributed by atoms with E-state index in [2.05, 4.69) is 36.2 Å². The van der Waals surface area contributed by atoms with Crippen LogP contribution in [0.4, 0.5) is 0 Å². The van der Waals surface area contributed by atoms with E-state index in [-0.39, 0.29) is 5.92 Å². The number of methoxy groups -OCH3 is 1. The molecule has 2 rings (SSSR count). The predicted molar refractivity (Wildman–Crippen MR) is 74.7 cm³/mol. The third kappa shape index (κ3) is 3.20. The van der Waals surface area contributed by atoms with Gasteiger partial charge in [-0.15, -0.1) is 0 Å². The maximum atomic E-state index is 5.20. The Hall–Kier alpha value is -2.09. The Morgan fingerprint density at radius 2 is 1.94 bits per heavy atom. The highest BCUT2D eigenvalue weighted by molar-refractivity contribution is 5.50. The van der Waals surface area contributed by atoms with Crippen molar-refractivity contribution < 1.29 is 4.74 Å². The molecule has 0 aliphatic rings. The summed E-state index contributed by atoms with van der Waals surface area (Å²) in [5.74, 6) is 1.11. The first-order valence-corrected chi connectivity index (χ1v) is 6.03. The van der Waals surface area contributed by atoms with Gasteiger partial charge in [0.15, 0.2) is 0 Å². The van der Waals surface area contributed by atoms with Crippen molar-refractivity contribution in [1.82, 2.24) is 4.98 Å².